The first-order chi connectivity index (χ1) is 13.6. The molecule has 0 spiro atoms. The molecule has 0 bridgehead atoms. The molecule has 4 aromatic rings. The summed E-state index contributed by atoms with van der Waals surface area (Å²) in [7, 11) is 4.62. The van der Waals surface area contributed by atoms with E-state index in [1.807, 2.05) is 6.07 Å². The lowest BCUT2D eigenvalue weighted by molar-refractivity contribution is 0.355. The van der Waals surface area contributed by atoms with Crippen LogP contribution in [0.4, 0.5) is 0 Å². The highest BCUT2D eigenvalue weighted by atomic mass is 32.2. The number of thioether (sulfide) groups is 1. The molecule has 9 nitrogen and oxygen atoms in total. The minimum atomic E-state index is -0.238. The minimum absolute atomic E-state index is 0.238. The van der Waals surface area contributed by atoms with Crippen LogP contribution in [0.3, 0.4) is 0 Å². The molecule has 1 aromatic carbocycles. The Bertz CT molecular complexity index is 1220. The van der Waals surface area contributed by atoms with Crippen molar-refractivity contribution in [2.45, 2.75) is 10.9 Å². The molecule has 0 aliphatic heterocycles. The SMILES string of the molecule is COc1ccc2[nH]c(SCc3nc4cc(OC)c(OC)cc4c(=O)[nH]3)nc2n1. The van der Waals surface area contributed by atoms with Crippen LogP contribution >= 0.6 is 11.8 Å². The molecule has 0 aliphatic rings. The van der Waals surface area contributed by atoms with Crippen molar-refractivity contribution in [3.05, 3.63) is 40.4 Å². The highest BCUT2D eigenvalue weighted by molar-refractivity contribution is 7.98. The number of rotatable bonds is 6. The van der Waals surface area contributed by atoms with Gasteiger partial charge in [-0.25, -0.2) is 9.97 Å². The molecule has 3 aromatic heterocycles. The van der Waals surface area contributed by atoms with Crippen molar-refractivity contribution < 1.29 is 14.2 Å². The van der Waals surface area contributed by atoms with E-state index in [1.54, 1.807) is 25.3 Å². The normalized spacial score (nSPS) is 11.1. The van der Waals surface area contributed by atoms with Crippen LogP contribution < -0.4 is 19.8 Å². The van der Waals surface area contributed by atoms with E-state index in [9.17, 15) is 4.79 Å². The third-order valence-electron chi connectivity index (χ3n) is 4.11. The van der Waals surface area contributed by atoms with Gasteiger partial charge in [-0.1, -0.05) is 11.8 Å². The molecule has 0 radical (unpaired) electrons. The van der Waals surface area contributed by atoms with E-state index in [-0.39, 0.29) is 5.56 Å². The summed E-state index contributed by atoms with van der Waals surface area (Å²) in [5.41, 5.74) is 1.67. The lowest BCUT2D eigenvalue weighted by Crippen LogP contribution is -2.11. The zero-order valence-corrected chi connectivity index (χ0v) is 16.2. The molecule has 4 rings (SSSR count). The van der Waals surface area contributed by atoms with Crippen LogP contribution in [-0.2, 0) is 5.75 Å². The Morgan fingerprint density at radius 1 is 0.964 bits per heavy atom. The smallest absolute Gasteiger partial charge is 0.258 e. The number of nitrogens with one attached hydrogen (secondary N) is 2. The maximum absolute atomic E-state index is 12.4. The maximum Gasteiger partial charge on any atom is 0.258 e. The van der Waals surface area contributed by atoms with E-state index < -0.39 is 0 Å². The summed E-state index contributed by atoms with van der Waals surface area (Å²) in [6.07, 6.45) is 0. The Kier molecular flexibility index (Phi) is 4.78. The number of pyridine rings is 1. The first-order valence-corrected chi connectivity index (χ1v) is 9.28. The Balaban J connectivity index is 1.62. The Morgan fingerprint density at radius 2 is 1.75 bits per heavy atom. The molecular weight excluding hydrogens is 382 g/mol. The fourth-order valence-electron chi connectivity index (χ4n) is 2.75. The molecule has 144 valence electrons. The number of benzene rings is 1. The number of H-pyrrole nitrogens is 2. The van der Waals surface area contributed by atoms with Crippen molar-refractivity contribution in [3.63, 3.8) is 0 Å². The van der Waals surface area contributed by atoms with E-state index in [4.69, 9.17) is 14.2 Å². The fourth-order valence-corrected chi connectivity index (χ4v) is 3.50. The van der Waals surface area contributed by atoms with Gasteiger partial charge in [-0.2, -0.15) is 4.98 Å². The van der Waals surface area contributed by atoms with Gasteiger partial charge in [-0.3, -0.25) is 4.79 Å². The Labute approximate surface area is 163 Å². The van der Waals surface area contributed by atoms with E-state index >= 15 is 0 Å². The van der Waals surface area contributed by atoms with E-state index in [0.29, 0.717) is 50.7 Å². The van der Waals surface area contributed by atoms with Gasteiger partial charge >= 0.3 is 0 Å². The second kappa shape index (κ2) is 7.39. The molecule has 0 saturated carbocycles. The molecule has 0 unspecified atom stereocenters. The number of fused-ring (bicyclic) bond motifs is 2. The highest BCUT2D eigenvalue weighted by Crippen LogP contribution is 2.30. The van der Waals surface area contributed by atoms with E-state index in [1.165, 1.54) is 26.0 Å². The lowest BCUT2D eigenvalue weighted by Gasteiger charge is -2.09. The molecule has 0 aliphatic carbocycles. The molecule has 3 heterocycles. The fraction of sp³-hybridized carbons (Fsp3) is 0.222. The van der Waals surface area contributed by atoms with Gasteiger partial charge in [0.25, 0.3) is 5.56 Å². The van der Waals surface area contributed by atoms with Crippen molar-refractivity contribution in [2.24, 2.45) is 0 Å². The lowest BCUT2D eigenvalue weighted by atomic mass is 10.2. The van der Waals surface area contributed by atoms with Gasteiger partial charge in [0, 0.05) is 12.1 Å². The van der Waals surface area contributed by atoms with Crippen molar-refractivity contribution in [1.82, 2.24) is 24.9 Å². The molecule has 0 atom stereocenters. The second-order valence-corrected chi connectivity index (χ2v) is 6.76. The Morgan fingerprint density at radius 3 is 2.50 bits per heavy atom. The standard InChI is InChI=1S/C18H17N5O4S/c1-25-12-6-9-11(7-13(12)26-2)19-14(21-17(9)24)8-28-18-20-10-4-5-15(27-3)22-16(10)23-18/h4-7H,8H2,1-3H3,(H,19,21,24)(H,20,22,23). The van der Waals surface area contributed by atoms with Crippen molar-refractivity contribution in [2.75, 3.05) is 21.3 Å². The number of methoxy groups -OCH3 is 3. The summed E-state index contributed by atoms with van der Waals surface area (Å²) in [6.45, 7) is 0. The zero-order valence-electron chi connectivity index (χ0n) is 15.4. The number of imidazole rings is 1. The number of aromatic nitrogens is 5. The van der Waals surface area contributed by atoms with Gasteiger partial charge in [0.2, 0.25) is 5.88 Å². The van der Waals surface area contributed by atoms with Gasteiger partial charge in [-0.05, 0) is 12.1 Å². The summed E-state index contributed by atoms with van der Waals surface area (Å²) in [4.78, 5) is 31.7. The Hall–Kier alpha value is -3.27. The predicted octanol–water partition coefficient (Wildman–Crippen LogP) is 2.51. The highest BCUT2D eigenvalue weighted by Gasteiger charge is 2.12. The monoisotopic (exact) mass is 399 g/mol. The average Bonchev–Trinajstić information content (AvgIpc) is 3.13. The van der Waals surface area contributed by atoms with Crippen molar-refractivity contribution >= 4 is 33.8 Å². The average molecular weight is 399 g/mol. The quantitative estimate of drug-likeness (QED) is 0.475. The minimum Gasteiger partial charge on any atom is -0.493 e. The van der Waals surface area contributed by atoms with Gasteiger partial charge in [-0.15, -0.1) is 0 Å². The van der Waals surface area contributed by atoms with Crippen LogP contribution in [0, 0.1) is 0 Å². The van der Waals surface area contributed by atoms with E-state index in [2.05, 4.69) is 24.9 Å². The van der Waals surface area contributed by atoms with Gasteiger partial charge in [0.15, 0.2) is 22.3 Å². The largest absolute Gasteiger partial charge is 0.493 e. The summed E-state index contributed by atoms with van der Waals surface area (Å²) < 4.78 is 15.6. The number of nitrogens with zero attached hydrogens (tertiary/aromatic N) is 3. The van der Waals surface area contributed by atoms with Gasteiger partial charge < -0.3 is 24.2 Å². The third-order valence-corrected chi connectivity index (χ3v) is 5.00. The van der Waals surface area contributed by atoms with Gasteiger partial charge in [0.1, 0.15) is 5.82 Å². The first kappa shape index (κ1) is 18.1. The number of ether oxygens (including phenoxy) is 3. The van der Waals surface area contributed by atoms with Crippen LogP contribution in [0.2, 0.25) is 0 Å². The summed E-state index contributed by atoms with van der Waals surface area (Å²) in [5.74, 6) is 2.45. The summed E-state index contributed by atoms with van der Waals surface area (Å²) in [6, 6.07) is 6.93. The van der Waals surface area contributed by atoms with Crippen molar-refractivity contribution in [3.8, 4) is 17.4 Å². The maximum atomic E-state index is 12.4. The molecule has 2 N–H and O–H groups in total. The molecule has 10 heteroatoms. The van der Waals surface area contributed by atoms with Crippen LogP contribution in [0.15, 0.2) is 34.2 Å². The van der Waals surface area contributed by atoms with E-state index in [0.717, 1.165) is 5.52 Å². The molecule has 0 fully saturated rings. The van der Waals surface area contributed by atoms with Crippen LogP contribution in [0.1, 0.15) is 5.82 Å². The van der Waals surface area contributed by atoms with Crippen LogP contribution in [0.5, 0.6) is 17.4 Å². The number of aromatic amines is 2. The number of hydrogen-bond donors (Lipinski definition) is 2. The zero-order chi connectivity index (χ0) is 19.7. The predicted molar refractivity (Wildman–Crippen MR) is 105 cm³/mol. The second-order valence-electron chi connectivity index (χ2n) is 5.79. The molecule has 0 saturated heterocycles. The number of hydrogen-bond acceptors (Lipinski definition) is 8. The molecular formula is C18H17N5O4S. The van der Waals surface area contributed by atoms with Crippen molar-refractivity contribution in [1.29, 1.82) is 0 Å². The summed E-state index contributed by atoms with van der Waals surface area (Å²) >= 11 is 1.41. The molecule has 0 amide bonds. The third kappa shape index (κ3) is 3.33. The van der Waals surface area contributed by atoms with Crippen LogP contribution in [-0.4, -0.2) is 46.2 Å². The first-order valence-electron chi connectivity index (χ1n) is 8.29. The molecule has 28 heavy (non-hydrogen) atoms. The van der Waals surface area contributed by atoms with Gasteiger partial charge in [0.05, 0.1) is 43.5 Å². The topological polar surface area (TPSA) is 115 Å². The summed E-state index contributed by atoms with van der Waals surface area (Å²) in [5, 5.41) is 1.11. The van der Waals surface area contributed by atoms with Crippen LogP contribution in [0.25, 0.3) is 22.1 Å².